The normalized spacial score (nSPS) is 10.5. The van der Waals surface area contributed by atoms with Crippen molar-refractivity contribution in [3.8, 4) is 11.1 Å². The Bertz CT molecular complexity index is 1100. The van der Waals surface area contributed by atoms with Crippen LogP contribution in [-0.2, 0) is 11.3 Å². The predicted molar refractivity (Wildman–Crippen MR) is 112 cm³/mol. The Morgan fingerprint density at radius 3 is 2.63 bits per heavy atom. The van der Waals surface area contributed by atoms with Gasteiger partial charge in [0.1, 0.15) is 5.82 Å². The van der Waals surface area contributed by atoms with E-state index in [4.69, 9.17) is 0 Å². The Balaban J connectivity index is 2.13. The number of rotatable bonds is 5. The van der Waals surface area contributed by atoms with Gasteiger partial charge in [0, 0.05) is 36.4 Å². The van der Waals surface area contributed by atoms with Crippen molar-refractivity contribution in [2.45, 2.75) is 20.4 Å². The number of aromatic nitrogens is 2. The highest BCUT2D eigenvalue weighted by molar-refractivity contribution is 6.01. The number of carbonyl (C=O) groups excluding carboxylic acids is 2. The molecule has 0 aliphatic carbocycles. The van der Waals surface area contributed by atoms with Gasteiger partial charge in [0.25, 0.3) is 0 Å². The van der Waals surface area contributed by atoms with Gasteiger partial charge in [-0.3, -0.25) is 5.32 Å². The van der Waals surface area contributed by atoms with Crippen molar-refractivity contribution in [2.24, 2.45) is 0 Å². The molecule has 0 radical (unpaired) electrons. The Labute approximate surface area is 172 Å². The lowest BCUT2D eigenvalue weighted by Crippen LogP contribution is -2.28. The zero-order valence-corrected chi connectivity index (χ0v) is 16.9. The van der Waals surface area contributed by atoms with Crippen LogP contribution in [0.5, 0.6) is 0 Å². The van der Waals surface area contributed by atoms with Gasteiger partial charge in [0.05, 0.1) is 7.11 Å². The summed E-state index contributed by atoms with van der Waals surface area (Å²) >= 11 is 0. The molecule has 0 fully saturated rings. The molecule has 0 atom stereocenters. The number of alkyl carbamates (subject to hydrolysis) is 1. The van der Waals surface area contributed by atoms with Crippen molar-refractivity contribution in [2.75, 3.05) is 19.0 Å². The molecule has 3 aromatic rings. The Morgan fingerprint density at radius 1 is 1.10 bits per heavy atom. The lowest BCUT2D eigenvalue weighted by molar-refractivity contribution is 0.170. The number of hydrogen-bond donors (Lipinski definition) is 3. The van der Waals surface area contributed by atoms with E-state index in [-0.39, 0.29) is 12.6 Å². The zero-order chi connectivity index (χ0) is 21.7. The molecule has 30 heavy (non-hydrogen) atoms. The van der Waals surface area contributed by atoms with Gasteiger partial charge in [-0.25, -0.2) is 19.6 Å². The van der Waals surface area contributed by atoms with Crippen LogP contribution in [0.3, 0.4) is 0 Å². The Kier molecular flexibility index (Phi) is 6.41. The Hall–Kier alpha value is -3.75. The van der Waals surface area contributed by atoms with Gasteiger partial charge < -0.3 is 15.4 Å². The van der Waals surface area contributed by atoms with Crippen LogP contribution in [0.1, 0.15) is 18.1 Å². The van der Waals surface area contributed by atoms with Gasteiger partial charge in [0.15, 0.2) is 0 Å². The van der Waals surface area contributed by atoms with Crippen molar-refractivity contribution < 1.29 is 18.7 Å². The first kappa shape index (κ1) is 21.0. The molecule has 3 amide bonds. The molecule has 2 heterocycles. The average Bonchev–Trinajstić information content (AvgIpc) is 2.74. The molecule has 9 heteroatoms. The third-order valence-corrected chi connectivity index (χ3v) is 4.61. The van der Waals surface area contributed by atoms with E-state index in [0.717, 1.165) is 21.9 Å². The largest absolute Gasteiger partial charge is 0.453 e. The highest BCUT2D eigenvalue weighted by Gasteiger charge is 2.14. The summed E-state index contributed by atoms with van der Waals surface area (Å²) in [7, 11) is 1.29. The first-order valence-electron chi connectivity index (χ1n) is 9.34. The smallest absolute Gasteiger partial charge is 0.407 e. The summed E-state index contributed by atoms with van der Waals surface area (Å²) in [5.74, 6) is -0.202. The maximum atomic E-state index is 14.1. The van der Waals surface area contributed by atoms with E-state index in [1.807, 2.05) is 19.1 Å². The van der Waals surface area contributed by atoms with Gasteiger partial charge >= 0.3 is 12.1 Å². The number of urea groups is 1. The third-order valence-electron chi connectivity index (χ3n) is 4.61. The fourth-order valence-electron chi connectivity index (χ4n) is 3.12. The Morgan fingerprint density at radius 2 is 1.90 bits per heavy atom. The summed E-state index contributed by atoms with van der Waals surface area (Å²) in [6, 6.07) is 6.76. The van der Waals surface area contributed by atoms with E-state index in [1.54, 1.807) is 25.3 Å². The minimum atomic E-state index is -0.554. The monoisotopic (exact) mass is 411 g/mol. The van der Waals surface area contributed by atoms with Crippen molar-refractivity contribution in [3.63, 3.8) is 0 Å². The van der Waals surface area contributed by atoms with E-state index in [9.17, 15) is 14.0 Å². The average molecular weight is 411 g/mol. The molecule has 2 aromatic heterocycles. The molecule has 0 bridgehead atoms. The molecule has 8 nitrogen and oxygen atoms in total. The molecule has 0 spiro atoms. The molecule has 3 N–H and O–H groups in total. The van der Waals surface area contributed by atoms with Gasteiger partial charge in [-0.15, -0.1) is 0 Å². The second kappa shape index (κ2) is 9.17. The topological polar surface area (TPSA) is 105 Å². The lowest BCUT2D eigenvalue weighted by atomic mass is 9.94. The number of halogens is 1. The number of nitrogens with one attached hydrogen (secondary N) is 3. The molecule has 0 unspecified atom stereocenters. The van der Waals surface area contributed by atoms with E-state index < -0.39 is 12.0 Å². The van der Waals surface area contributed by atoms with E-state index in [0.29, 0.717) is 23.5 Å². The number of nitrogens with zero attached hydrogens (tertiary/aromatic N) is 2. The maximum absolute atomic E-state index is 14.1. The minimum absolute atomic E-state index is 0.220. The van der Waals surface area contributed by atoms with Crippen molar-refractivity contribution in [3.05, 3.63) is 53.7 Å². The summed E-state index contributed by atoms with van der Waals surface area (Å²) in [5, 5.41) is 9.47. The number of benzene rings is 1. The summed E-state index contributed by atoms with van der Waals surface area (Å²) in [5.41, 5.74) is 2.64. The molecule has 0 saturated heterocycles. The molecular formula is C21H22FN5O3. The summed E-state index contributed by atoms with van der Waals surface area (Å²) in [4.78, 5) is 31.4. The standard InChI is InChI=1S/C21H22FN5O3/c1-4-23-20(28)27-18-9-16-15(14-7-8-24-19(22)12(14)2)6-5-13(17(16)11-25-18)10-26-21(29)30-3/h5-9,11H,4,10H2,1-3H3,(H,26,29)(H2,23,25,27,28). The van der Waals surface area contributed by atoms with E-state index in [2.05, 4.69) is 30.7 Å². The van der Waals surface area contributed by atoms with Gasteiger partial charge in [-0.1, -0.05) is 12.1 Å². The fraction of sp³-hybridized carbons (Fsp3) is 0.238. The molecule has 0 aliphatic rings. The molecule has 0 aliphatic heterocycles. The highest BCUT2D eigenvalue weighted by atomic mass is 19.1. The number of hydrogen-bond acceptors (Lipinski definition) is 5. The number of methoxy groups -OCH3 is 1. The molecular weight excluding hydrogens is 389 g/mol. The summed E-state index contributed by atoms with van der Waals surface area (Å²) < 4.78 is 18.7. The molecule has 3 rings (SSSR count). The SMILES string of the molecule is CCNC(=O)Nc1cc2c(-c3ccnc(F)c3C)ccc(CNC(=O)OC)c2cn1. The number of carbonyl (C=O) groups is 2. The van der Waals surface area contributed by atoms with E-state index in [1.165, 1.54) is 13.3 Å². The summed E-state index contributed by atoms with van der Waals surface area (Å²) in [6.07, 6.45) is 2.47. The van der Waals surface area contributed by atoms with Crippen LogP contribution in [0, 0.1) is 12.9 Å². The first-order valence-corrected chi connectivity index (χ1v) is 9.34. The fourth-order valence-corrected chi connectivity index (χ4v) is 3.12. The molecule has 0 saturated carbocycles. The second-order valence-electron chi connectivity index (χ2n) is 6.49. The van der Waals surface area contributed by atoms with Crippen molar-refractivity contribution in [1.29, 1.82) is 0 Å². The number of fused-ring (bicyclic) bond motifs is 1. The number of anilines is 1. The molecule has 1 aromatic carbocycles. The number of ether oxygens (including phenoxy) is 1. The van der Waals surface area contributed by atoms with Crippen molar-refractivity contribution in [1.82, 2.24) is 20.6 Å². The van der Waals surface area contributed by atoms with Crippen LogP contribution >= 0.6 is 0 Å². The highest BCUT2D eigenvalue weighted by Crippen LogP contribution is 2.34. The van der Waals surface area contributed by atoms with Crippen LogP contribution < -0.4 is 16.0 Å². The lowest BCUT2D eigenvalue weighted by Gasteiger charge is -2.15. The van der Waals surface area contributed by atoms with Crippen LogP contribution in [0.4, 0.5) is 19.8 Å². The van der Waals surface area contributed by atoms with Crippen LogP contribution in [0.25, 0.3) is 21.9 Å². The minimum Gasteiger partial charge on any atom is -0.453 e. The van der Waals surface area contributed by atoms with Crippen LogP contribution in [0.2, 0.25) is 0 Å². The first-order chi connectivity index (χ1) is 14.4. The summed E-state index contributed by atoms with van der Waals surface area (Å²) in [6.45, 7) is 4.17. The van der Waals surface area contributed by atoms with Gasteiger partial charge in [-0.05, 0) is 48.1 Å². The van der Waals surface area contributed by atoms with Gasteiger partial charge in [-0.2, -0.15) is 4.39 Å². The third kappa shape index (κ3) is 4.45. The maximum Gasteiger partial charge on any atom is 0.407 e. The number of pyridine rings is 2. The van der Waals surface area contributed by atoms with Gasteiger partial charge in [0.2, 0.25) is 5.95 Å². The zero-order valence-electron chi connectivity index (χ0n) is 16.9. The quantitative estimate of drug-likeness (QED) is 0.555. The van der Waals surface area contributed by atoms with Crippen LogP contribution in [-0.4, -0.2) is 35.7 Å². The van der Waals surface area contributed by atoms with Crippen LogP contribution in [0.15, 0.2) is 36.7 Å². The predicted octanol–water partition coefficient (Wildman–Crippen LogP) is 3.74. The molecule has 156 valence electrons. The van der Waals surface area contributed by atoms with Crippen molar-refractivity contribution >= 4 is 28.7 Å². The van der Waals surface area contributed by atoms with E-state index >= 15 is 0 Å². The second-order valence-corrected chi connectivity index (χ2v) is 6.49. The number of amides is 3.